The average Bonchev–Trinajstić information content (AvgIpc) is 3.05. The van der Waals surface area contributed by atoms with Crippen LogP contribution in [-0.4, -0.2) is 61.1 Å². The molecule has 45 heavy (non-hydrogen) atoms. The van der Waals surface area contributed by atoms with Gasteiger partial charge in [-0.25, -0.2) is 0 Å². The van der Waals surface area contributed by atoms with Crippen LogP contribution < -0.4 is 26.3 Å². The van der Waals surface area contributed by atoms with E-state index in [1.165, 1.54) is 18.2 Å². The van der Waals surface area contributed by atoms with Gasteiger partial charge in [0.05, 0.1) is 10.9 Å². The maximum atomic E-state index is 13.1. The van der Waals surface area contributed by atoms with E-state index in [1.807, 2.05) is 36.4 Å². The molecule has 1 aliphatic heterocycles. The number of amides is 2. The van der Waals surface area contributed by atoms with Gasteiger partial charge in [0.2, 0.25) is 5.91 Å². The van der Waals surface area contributed by atoms with Gasteiger partial charge in [0.25, 0.3) is 5.91 Å². The number of hydrogen-bond donors (Lipinski definition) is 4. The van der Waals surface area contributed by atoms with E-state index >= 15 is 0 Å². The number of unbranched alkanes of at least 4 members (excludes halogenated alkanes) is 1. The van der Waals surface area contributed by atoms with Gasteiger partial charge in [-0.2, -0.15) is 0 Å². The highest BCUT2D eigenvalue weighted by molar-refractivity contribution is 6.30. The van der Waals surface area contributed by atoms with Crippen molar-refractivity contribution >= 4 is 51.4 Å². The summed E-state index contributed by atoms with van der Waals surface area (Å²) in [6, 6.07) is 19.0. The summed E-state index contributed by atoms with van der Waals surface area (Å²) in [5.74, 6) is -0.664. The largest absolute Gasteiger partial charge is 0.507 e. The Morgan fingerprint density at radius 3 is 2.36 bits per heavy atom. The third-order valence-electron chi connectivity index (χ3n) is 7.82. The first-order valence-corrected chi connectivity index (χ1v) is 15.6. The molecule has 3 aromatic carbocycles. The zero-order valence-electron chi connectivity index (χ0n) is 25.3. The molecule has 1 saturated heterocycles. The molecule has 1 fully saturated rings. The quantitative estimate of drug-likeness (QED) is 0.152. The minimum atomic E-state index is -0.574. The number of nitrogens with one attached hydrogen (secondary N) is 3. The highest BCUT2D eigenvalue weighted by Gasteiger charge is 2.22. The molecule has 1 aromatic heterocycles. The summed E-state index contributed by atoms with van der Waals surface area (Å²) in [4.78, 5) is 42.3. The van der Waals surface area contributed by atoms with Crippen molar-refractivity contribution < 1.29 is 19.1 Å². The average molecular weight is 632 g/mol. The van der Waals surface area contributed by atoms with Crippen LogP contribution in [0.2, 0.25) is 5.02 Å². The highest BCUT2D eigenvalue weighted by Crippen LogP contribution is 2.29. The first kappa shape index (κ1) is 31.9. The lowest BCUT2D eigenvalue weighted by Gasteiger charge is -2.36. The van der Waals surface area contributed by atoms with E-state index < -0.39 is 5.91 Å². The molecule has 11 heteroatoms. The van der Waals surface area contributed by atoms with E-state index in [4.69, 9.17) is 16.0 Å². The van der Waals surface area contributed by atoms with Crippen molar-refractivity contribution in [3.05, 3.63) is 93.3 Å². The van der Waals surface area contributed by atoms with Gasteiger partial charge in [0.15, 0.2) is 11.2 Å². The molecular formula is C34H38ClN5O5. The first-order chi connectivity index (χ1) is 21.8. The van der Waals surface area contributed by atoms with Gasteiger partial charge < -0.3 is 30.4 Å². The lowest BCUT2D eigenvalue weighted by molar-refractivity contribution is -0.121. The number of aromatic hydroxyl groups is 1. The molecule has 10 nitrogen and oxygen atoms in total. The number of fused-ring (bicyclic) bond motifs is 1. The van der Waals surface area contributed by atoms with E-state index in [1.54, 1.807) is 12.1 Å². The second-order valence-corrected chi connectivity index (χ2v) is 11.5. The fraction of sp³-hybridized carbons (Fsp3) is 0.324. The first-order valence-electron chi connectivity index (χ1n) is 15.2. The molecule has 0 radical (unpaired) electrons. The van der Waals surface area contributed by atoms with Crippen molar-refractivity contribution in [1.29, 1.82) is 0 Å². The van der Waals surface area contributed by atoms with Crippen LogP contribution >= 0.6 is 11.6 Å². The molecule has 1 aliphatic rings. The number of carbonyl (C=O) groups is 2. The number of piperazine rings is 1. The van der Waals surface area contributed by atoms with E-state index in [2.05, 4.69) is 32.7 Å². The Morgan fingerprint density at radius 1 is 0.933 bits per heavy atom. The Labute approximate surface area is 267 Å². The minimum Gasteiger partial charge on any atom is -0.507 e. The summed E-state index contributed by atoms with van der Waals surface area (Å²) in [7, 11) is 0. The monoisotopic (exact) mass is 631 g/mol. The van der Waals surface area contributed by atoms with Crippen LogP contribution in [0.1, 0.15) is 42.3 Å². The Hall–Kier alpha value is -4.54. The summed E-state index contributed by atoms with van der Waals surface area (Å²) in [6.45, 7) is 6.54. The second kappa shape index (κ2) is 15.0. The summed E-state index contributed by atoms with van der Waals surface area (Å²) >= 11 is 6.03. The number of rotatable bonds is 12. The number of halogens is 1. The minimum absolute atomic E-state index is 0.00644. The van der Waals surface area contributed by atoms with Gasteiger partial charge in [-0.3, -0.25) is 19.3 Å². The molecule has 2 heterocycles. The Balaban J connectivity index is 1.21. The van der Waals surface area contributed by atoms with Gasteiger partial charge in [0, 0.05) is 80.4 Å². The van der Waals surface area contributed by atoms with Crippen molar-refractivity contribution in [3.63, 3.8) is 0 Å². The van der Waals surface area contributed by atoms with Crippen LogP contribution in [0.15, 0.2) is 75.9 Å². The van der Waals surface area contributed by atoms with Gasteiger partial charge in [-0.1, -0.05) is 24.9 Å². The smallest absolute Gasteiger partial charge is 0.291 e. The van der Waals surface area contributed by atoms with E-state index in [0.717, 1.165) is 50.4 Å². The van der Waals surface area contributed by atoms with Crippen LogP contribution in [0.5, 0.6) is 5.75 Å². The Kier molecular flexibility index (Phi) is 10.6. The summed E-state index contributed by atoms with van der Waals surface area (Å²) in [6.07, 6.45) is 2.40. The SMILES string of the molecule is CCCCC(=O)NCCNc1ccc(NC(=O)c2cc(=O)c3ccc(O)c(CN4CCN(c5ccc(Cl)cc5)CC4)c3o2)cc1. The van der Waals surface area contributed by atoms with Crippen LogP contribution in [0.25, 0.3) is 11.0 Å². The lowest BCUT2D eigenvalue weighted by atomic mass is 10.1. The molecule has 0 spiro atoms. The van der Waals surface area contributed by atoms with E-state index in [9.17, 15) is 19.5 Å². The number of carbonyl (C=O) groups excluding carboxylic acids is 2. The molecule has 0 saturated carbocycles. The predicted octanol–water partition coefficient (Wildman–Crippen LogP) is 5.44. The molecule has 0 aliphatic carbocycles. The lowest BCUT2D eigenvalue weighted by Crippen LogP contribution is -2.46. The standard InChI is InChI=1S/C34H38ClN5O5/c1-2-3-4-32(43)37-16-15-36-24-7-9-25(10-8-24)38-34(44)31-21-30(42)27-13-14-29(41)28(33(27)45-31)22-39-17-19-40(20-18-39)26-11-5-23(35)6-12-26/h5-14,21,36,41H,2-4,15-20,22H2,1H3,(H,37,43)(H,38,44). The zero-order chi connectivity index (χ0) is 31.8. The van der Waals surface area contributed by atoms with Crippen molar-refractivity contribution in [2.45, 2.75) is 32.7 Å². The maximum Gasteiger partial charge on any atom is 0.291 e. The number of nitrogens with zero attached hydrogens (tertiary/aromatic N) is 2. The molecule has 0 bridgehead atoms. The second-order valence-electron chi connectivity index (χ2n) is 11.1. The highest BCUT2D eigenvalue weighted by atomic mass is 35.5. The topological polar surface area (TPSA) is 127 Å². The van der Waals surface area contributed by atoms with Crippen molar-refractivity contribution in [2.75, 3.05) is 54.8 Å². The summed E-state index contributed by atoms with van der Waals surface area (Å²) in [5, 5.41) is 20.7. The van der Waals surface area contributed by atoms with E-state index in [-0.39, 0.29) is 28.4 Å². The fourth-order valence-electron chi connectivity index (χ4n) is 5.27. The van der Waals surface area contributed by atoms with Gasteiger partial charge in [-0.15, -0.1) is 0 Å². The normalized spacial score (nSPS) is 13.5. The van der Waals surface area contributed by atoms with E-state index in [0.29, 0.717) is 47.7 Å². The number of phenols is 1. The molecule has 2 amide bonds. The van der Waals surface area contributed by atoms with Crippen molar-refractivity contribution in [3.8, 4) is 5.75 Å². The third-order valence-corrected chi connectivity index (χ3v) is 8.07. The van der Waals surface area contributed by atoms with Crippen LogP contribution in [0, 0.1) is 0 Å². The summed E-state index contributed by atoms with van der Waals surface area (Å²) < 4.78 is 6.00. The molecule has 0 unspecified atom stereocenters. The molecule has 5 rings (SSSR count). The molecule has 4 aromatic rings. The number of phenolic OH excluding ortho intramolecular Hbond substituents is 1. The fourth-order valence-corrected chi connectivity index (χ4v) is 5.39. The Morgan fingerprint density at radius 2 is 1.64 bits per heavy atom. The number of benzene rings is 3. The van der Waals surface area contributed by atoms with Crippen molar-refractivity contribution in [1.82, 2.24) is 10.2 Å². The Bertz CT molecular complexity index is 1680. The predicted molar refractivity (Wildman–Crippen MR) is 179 cm³/mol. The van der Waals surface area contributed by atoms with Crippen LogP contribution in [-0.2, 0) is 11.3 Å². The molecule has 236 valence electrons. The van der Waals surface area contributed by atoms with Gasteiger partial charge in [-0.05, 0) is 67.1 Å². The molecule has 0 atom stereocenters. The third kappa shape index (κ3) is 8.34. The number of hydrogen-bond acceptors (Lipinski definition) is 8. The van der Waals surface area contributed by atoms with Crippen LogP contribution in [0.3, 0.4) is 0 Å². The summed E-state index contributed by atoms with van der Waals surface area (Å²) in [5.41, 5.74) is 2.77. The number of anilines is 3. The maximum absolute atomic E-state index is 13.1. The molecular weight excluding hydrogens is 594 g/mol. The van der Waals surface area contributed by atoms with Gasteiger partial charge in [0.1, 0.15) is 11.3 Å². The van der Waals surface area contributed by atoms with Crippen LogP contribution in [0.4, 0.5) is 17.1 Å². The van der Waals surface area contributed by atoms with Gasteiger partial charge >= 0.3 is 0 Å². The zero-order valence-corrected chi connectivity index (χ0v) is 26.0. The van der Waals surface area contributed by atoms with Crippen molar-refractivity contribution in [2.24, 2.45) is 0 Å². The molecule has 4 N–H and O–H groups in total.